The first kappa shape index (κ1) is 28.8. The molecule has 1 atom stereocenters. The molecule has 0 aliphatic carbocycles. The Kier molecular flexibility index (Phi) is 9.98. The number of nitrogens with zero attached hydrogens (tertiary/aromatic N) is 2. The molecule has 0 aliphatic rings. The summed E-state index contributed by atoms with van der Waals surface area (Å²) in [5, 5.41) is 14.5. The van der Waals surface area contributed by atoms with Crippen molar-refractivity contribution in [3.05, 3.63) is 118 Å². The number of carbonyl (C=O) groups excluding carboxylic acids is 2. The van der Waals surface area contributed by atoms with Crippen LogP contribution in [0.3, 0.4) is 0 Å². The van der Waals surface area contributed by atoms with Gasteiger partial charge < -0.3 is 19.5 Å². The average Bonchev–Trinajstić information content (AvgIpc) is 3.00. The summed E-state index contributed by atoms with van der Waals surface area (Å²) in [6.45, 7) is 2.01. The minimum Gasteiger partial charge on any atom is -0.485 e. The number of hydrogen-bond donors (Lipinski definition) is 1. The Bertz CT molecular complexity index is 1460. The maximum atomic E-state index is 12.5. The Labute approximate surface area is 237 Å². The van der Waals surface area contributed by atoms with Crippen molar-refractivity contribution < 1.29 is 28.7 Å². The maximum Gasteiger partial charge on any atom is 0.347 e. The van der Waals surface area contributed by atoms with Gasteiger partial charge in [-0.15, -0.1) is 0 Å². The molecule has 210 valence electrons. The second kappa shape index (κ2) is 14.2. The highest BCUT2D eigenvalue weighted by atomic mass is 16.6. The van der Waals surface area contributed by atoms with Gasteiger partial charge in [-0.3, -0.25) is 19.9 Å². The van der Waals surface area contributed by atoms with E-state index in [-0.39, 0.29) is 43.5 Å². The first-order valence-electron chi connectivity index (χ1n) is 13.0. The molecule has 0 fully saturated rings. The Morgan fingerprint density at radius 3 is 2.41 bits per heavy atom. The standard InChI is InChI=1S/C31H29N3O7/c1-2-39-31(36)29(41-25-8-4-3-5-9-25)21-22-11-16-28(27(20-22)34(37)38)40-19-18-33-30(35)24-14-12-23(13-15-24)26-10-6-7-17-32-26/h3-17,20,29H,2,18-19,21H2,1H3,(H,33,35). The second-order valence-corrected chi connectivity index (χ2v) is 8.83. The molecule has 1 unspecified atom stereocenters. The molecule has 0 radical (unpaired) electrons. The molecule has 4 rings (SSSR count). The van der Waals surface area contributed by atoms with Crippen LogP contribution >= 0.6 is 0 Å². The summed E-state index contributed by atoms with van der Waals surface area (Å²) in [6.07, 6.45) is 0.774. The molecular formula is C31H29N3O7. The zero-order chi connectivity index (χ0) is 29.0. The average molecular weight is 556 g/mol. The van der Waals surface area contributed by atoms with Gasteiger partial charge in [-0.1, -0.05) is 42.5 Å². The number of pyridine rings is 1. The van der Waals surface area contributed by atoms with E-state index in [0.29, 0.717) is 16.9 Å². The van der Waals surface area contributed by atoms with Crippen LogP contribution in [0.1, 0.15) is 22.8 Å². The van der Waals surface area contributed by atoms with Gasteiger partial charge in [0.05, 0.1) is 23.8 Å². The molecule has 0 saturated carbocycles. The molecule has 0 aliphatic heterocycles. The fraction of sp³-hybridized carbons (Fsp3) is 0.194. The number of nitrogens with one attached hydrogen (secondary N) is 1. The van der Waals surface area contributed by atoms with Crippen LogP contribution in [0, 0.1) is 10.1 Å². The largest absolute Gasteiger partial charge is 0.485 e. The molecule has 10 nitrogen and oxygen atoms in total. The number of nitro groups is 1. The van der Waals surface area contributed by atoms with Crippen molar-refractivity contribution in [1.29, 1.82) is 0 Å². The van der Waals surface area contributed by atoms with E-state index in [2.05, 4.69) is 10.3 Å². The van der Waals surface area contributed by atoms with Crippen LogP contribution in [0.4, 0.5) is 5.69 Å². The van der Waals surface area contributed by atoms with Gasteiger partial charge in [0.1, 0.15) is 12.4 Å². The number of carbonyl (C=O) groups is 2. The van der Waals surface area contributed by atoms with E-state index >= 15 is 0 Å². The molecule has 0 spiro atoms. The lowest BCUT2D eigenvalue weighted by Crippen LogP contribution is -2.31. The minimum absolute atomic E-state index is 0.0144. The van der Waals surface area contributed by atoms with Crippen molar-refractivity contribution in [2.45, 2.75) is 19.4 Å². The molecule has 4 aromatic rings. The number of ether oxygens (including phenoxy) is 3. The predicted octanol–water partition coefficient (Wildman–Crippen LogP) is 5.02. The third-order valence-electron chi connectivity index (χ3n) is 5.97. The lowest BCUT2D eigenvalue weighted by molar-refractivity contribution is -0.385. The zero-order valence-electron chi connectivity index (χ0n) is 22.4. The van der Waals surface area contributed by atoms with Gasteiger partial charge in [0.25, 0.3) is 5.91 Å². The number of para-hydroxylation sites is 1. The lowest BCUT2D eigenvalue weighted by atomic mass is 10.1. The normalized spacial score (nSPS) is 11.2. The van der Waals surface area contributed by atoms with Crippen molar-refractivity contribution in [3.63, 3.8) is 0 Å². The summed E-state index contributed by atoms with van der Waals surface area (Å²) in [6, 6.07) is 25.9. The number of hydrogen-bond acceptors (Lipinski definition) is 8. The number of esters is 1. The molecule has 1 N–H and O–H groups in total. The van der Waals surface area contributed by atoms with Gasteiger partial charge in [-0.05, 0) is 55.0 Å². The fourth-order valence-corrected chi connectivity index (χ4v) is 3.99. The molecule has 10 heteroatoms. The van der Waals surface area contributed by atoms with Gasteiger partial charge in [0.15, 0.2) is 11.9 Å². The highest BCUT2D eigenvalue weighted by Crippen LogP contribution is 2.29. The van der Waals surface area contributed by atoms with E-state index in [1.807, 2.05) is 36.4 Å². The highest BCUT2D eigenvalue weighted by Gasteiger charge is 2.25. The predicted molar refractivity (Wildman–Crippen MR) is 152 cm³/mol. The summed E-state index contributed by atoms with van der Waals surface area (Å²) in [5.41, 5.74) is 2.40. The molecular weight excluding hydrogens is 526 g/mol. The van der Waals surface area contributed by atoms with Crippen LogP contribution in [0.5, 0.6) is 11.5 Å². The number of aromatic nitrogens is 1. The van der Waals surface area contributed by atoms with Crippen molar-refractivity contribution in [2.75, 3.05) is 19.8 Å². The van der Waals surface area contributed by atoms with Crippen LogP contribution in [-0.2, 0) is 16.0 Å². The van der Waals surface area contributed by atoms with E-state index in [4.69, 9.17) is 14.2 Å². The second-order valence-electron chi connectivity index (χ2n) is 8.83. The molecule has 3 aromatic carbocycles. The van der Waals surface area contributed by atoms with Gasteiger partial charge in [0.2, 0.25) is 0 Å². The zero-order valence-corrected chi connectivity index (χ0v) is 22.4. The van der Waals surface area contributed by atoms with Crippen LogP contribution < -0.4 is 14.8 Å². The summed E-state index contributed by atoms with van der Waals surface area (Å²) < 4.78 is 16.6. The van der Waals surface area contributed by atoms with E-state index in [1.54, 1.807) is 55.6 Å². The Hall–Kier alpha value is -5.25. The first-order chi connectivity index (χ1) is 19.9. The van der Waals surface area contributed by atoms with Crippen molar-refractivity contribution in [3.8, 4) is 22.8 Å². The number of benzene rings is 3. The topological polar surface area (TPSA) is 130 Å². The third kappa shape index (κ3) is 8.12. The Balaban J connectivity index is 1.34. The summed E-state index contributed by atoms with van der Waals surface area (Å²) in [5.74, 6) is -0.341. The van der Waals surface area contributed by atoms with E-state index < -0.39 is 17.0 Å². The van der Waals surface area contributed by atoms with Crippen LogP contribution in [0.15, 0.2) is 97.2 Å². The van der Waals surface area contributed by atoms with Gasteiger partial charge >= 0.3 is 11.7 Å². The van der Waals surface area contributed by atoms with E-state index in [1.165, 1.54) is 12.1 Å². The smallest absolute Gasteiger partial charge is 0.347 e. The minimum atomic E-state index is -0.989. The van der Waals surface area contributed by atoms with E-state index in [0.717, 1.165) is 11.3 Å². The number of rotatable bonds is 13. The lowest BCUT2D eigenvalue weighted by Gasteiger charge is -2.18. The SMILES string of the molecule is CCOC(=O)C(Cc1ccc(OCCNC(=O)c2ccc(-c3ccccn3)cc2)c([N+](=O)[O-])c1)Oc1ccccc1. The summed E-state index contributed by atoms with van der Waals surface area (Å²) >= 11 is 0. The Morgan fingerprint density at radius 1 is 0.976 bits per heavy atom. The first-order valence-corrected chi connectivity index (χ1v) is 13.0. The Morgan fingerprint density at radius 2 is 1.73 bits per heavy atom. The van der Waals surface area contributed by atoms with Crippen molar-refractivity contribution >= 4 is 17.6 Å². The fourth-order valence-electron chi connectivity index (χ4n) is 3.99. The number of nitro benzene ring substituents is 1. The number of amides is 1. The molecule has 41 heavy (non-hydrogen) atoms. The molecule has 1 heterocycles. The monoisotopic (exact) mass is 555 g/mol. The van der Waals surface area contributed by atoms with E-state index in [9.17, 15) is 19.7 Å². The quantitative estimate of drug-likeness (QED) is 0.105. The molecule has 1 aromatic heterocycles. The van der Waals surface area contributed by atoms with Crippen molar-refractivity contribution in [2.24, 2.45) is 0 Å². The molecule has 0 bridgehead atoms. The third-order valence-corrected chi connectivity index (χ3v) is 5.97. The van der Waals surface area contributed by atoms with Gasteiger partial charge in [-0.25, -0.2) is 4.79 Å². The molecule has 0 saturated heterocycles. The van der Waals surface area contributed by atoms with Crippen LogP contribution in [0.25, 0.3) is 11.3 Å². The van der Waals surface area contributed by atoms with Crippen molar-refractivity contribution in [1.82, 2.24) is 10.3 Å². The summed E-state index contributed by atoms with van der Waals surface area (Å²) in [4.78, 5) is 40.5. The maximum absolute atomic E-state index is 12.5. The molecule has 1 amide bonds. The van der Waals surface area contributed by atoms with Gasteiger partial charge in [-0.2, -0.15) is 0 Å². The highest BCUT2D eigenvalue weighted by molar-refractivity contribution is 5.94. The van der Waals surface area contributed by atoms with Crippen LogP contribution in [0.2, 0.25) is 0 Å². The van der Waals surface area contributed by atoms with Crippen LogP contribution in [-0.4, -0.2) is 47.6 Å². The van der Waals surface area contributed by atoms with Gasteiger partial charge in [0, 0.05) is 29.8 Å². The summed E-state index contributed by atoms with van der Waals surface area (Å²) in [7, 11) is 0.